The van der Waals surface area contributed by atoms with Gasteiger partial charge < -0.3 is 65.5 Å². The van der Waals surface area contributed by atoms with Gasteiger partial charge in [0.2, 0.25) is 17.2 Å². The van der Waals surface area contributed by atoms with Crippen LogP contribution in [0, 0.1) is 0 Å². The summed E-state index contributed by atoms with van der Waals surface area (Å²) in [4.78, 5) is 0. The van der Waals surface area contributed by atoms with Crippen molar-refractivity contribution in [2.24, 2.45) is 0 Å². The van der Waals surface area contributed by atoms with E-state index in [9.17, 15) is 56.2 Å². The number of rotatable bonds is 2. The zero-order chi connectivity index (χ0) is 27.2. The molecular weight excluding hydrogens is 483 g/mol. The average molecular weight is 506 g/mol. The first-order valence-electron chi connectivity index (χ1n) is 10.4. The summed E-state index contributed by atoms with van der Waals surface area (Å²) in [6.07, 6.45) is 0. The van der Waals surface area contributed by atoms with Gasteiger partial charge in [0.25, 0.3) is 0 Å². The standard InChI is InChI=1S/C22H23BO13/c1-21(2)22(3,4)36-23(35-21)9-16(30)12(26)7(13(27)17(9)31)5-6-8(14(28)18(32)10(5)24)15(29)20(34)19(33)11(6)25/h24-34H,1-4H3. The van der Waals surface area contributed by atoms with Crippen LogP contribution in [0.3, 0.4) is 0 Å². The van der Waals surface area contributed by atoms with E-state index in [1.165, 1.54) is 0 Å². The Morgan fingerprint density at radius 1 is 0.417 bits per heavy atom. The minimum atomic E-state index is -1.49. The number of phenolic OH excluding ortho intramolecular Hbond substituents is 11. The molecule has 1 aliphatic heterocycles. The van der Waals surface area contributed by atoms with Crippen molar-refractivity contribution in [2.75, 3.05) is 0 Å². The second-order valence-electron chi connectivity index (χ2n) is 9.34. The highest BCUT2D eigenvalue weighted by Gasteiger charge is 2.54. The first-order chi connectivity index (χ1) is 16.5. The van der Waals surface area contributed by atoms with Crippen molar-refractivity contribution in [3.8, 4) is 74.4 Å². The van der Waals surface area contributed by atoms with Gasteiger partial charge in [-0.25, -0.2) is 0 Å². The van der Waals surface area contributed by atoms with Crippen LogP contribution in [0.5, 0.6) is 63.2 Å². The van der Waals surface area contributed by atoms with E-state index in [2.05, 4.69) is 0 Å². The highest BCUT2D eigenvalue weighted by Crippen LogP contribution is 2.62. The zero-order valence-electron chi connectivity index (χ0n) is 19.3. The molecule has 1 aliphatic rings. The first-order valence-corrected chi connectivity index (χ1v) is 10.4. The summed E-state index contributed by atoms with van der Waals surface area (Å²) in [7, 11) is -1.49. The van der Waals surface area contributed by atoms with E-state index in [1.54, 1.807) is 27.7 Å². The Hall–Kier alpha value is -4.30. The molecule has 1 saturated heterocycles. The van der Waals surface area contributed by atoms with Crippen molar-refractivity contribution >= 4 is 23.4 Å². The van der Waals surface area contributed by atoms with Crippen molar-refractivity contribution < 1.29 is 65.5 Å². The van der Waals surface area contributed by atoms with Crippen molar-refractivity contribution in [3.63, 3.8) is 0 Å². The topological polar surface area (TPSA) is 241 Å². The largest absolute Gasteiger partial charge is 0.504 e. The lowest BCUT2D eigenvalue weighted by Crippen LogP contribution is -2.41. The predicted molar refractivity (Wildman–Crippen MR) is 123 cm³/mol. The molecule has 0 aliphatic carbocycles. The smallest absolute Gasteiger partial charge is 0.502 e. The number of phenols is 11. The Kier molecular flexibility index (Phi) is 5.07. The van der Waals surface area contributed by atoms with Gasteiger partial charge in [0.05, 0.1) is 27.6 Å². The third-order valence-electron chi connectivity index (χ3n) is 6.74. The second-order valence-corrected chi connectivity index (χ2v) is 9.34. The van der Waals surface area contributed by atoms with Crippen molar-refractivity contribution in [1.82, 2.24) is 0 Å². The van der Waals surface area contributed by atoms with Gasteiger partial charge in [0.1, 0.15) is 0 Å². The molecule has 192 valence electrons. The Morgan fingerprint density at radius 3 is 1.17 bits per heavy atom. The third-order valence-corrected chi connectivity index (χ3v) is 6.74. The lowest BCUT2D eigenvalue weighted by Gasteiger charge is -2.32. The molecule has 13 nitrogen and oxygen atoms in total. The zero-order valence-corrected chi connectivity index (χ0v) is 19.3. The quantitative estimate of drug-likeness (QED) is 0.135. The van der Waals surface area contributed by atoms with Crippen LogP contribution in [0.15, 0.2) is 0 Å². The molecule has 0 amide bonds. The Balaban J connectivity index is 2.12. The molecule has 0 spiro atoms. The summed E-state index contributed by atoms with van der Waals surface area (Å²) in [5.74, 6) is -13.7. The van der Waals surface area contributed by atoms with Crippen molar-refractivity contribution in [3.05, 3.63) is 0 Å². The molecule has 36 heavy (non-hydrogen) atoms. The highest BCUT2D eigenvalue weighted by molar-refractivity contribution is 6.64. The first kappa shape index (κ1) is 24.8. The number of fused-ring (bicyclic) bond motifs is 1. The molecule has 3 aromatic carbocycles. The highest BCUT2D eigenvalue weighted by atomic mass is 16.7. The molecule has 0 unspecified atom stereocenters. The van der Waals surface area contributed by atoms with Crippen LogP contribution < -0.4 is 5.46 Å². The van der Waals surface area contributed by atoms with E-state index in [4.69, 9.17) is 9.31 Å². The van der Waals surface area contributed by atoms with Crippen LogP contribution in [0.2, 0.25) is 0 Å². The summed E-state index contributed by atoms with van der Waals surface area (Å²) >= 11 is 0. The van der Waals surface area contributed by atoms with Crippen LogP contribution in [-0.2, 0) is 9.31 Å². The monoisotopic (exact) mass is 506 g/mol. The summed E-state index contributed by atoms with van der Waals surface area (Å²) < 4.78 is 11.5. The van der Waals surface area contributed by atoms with Crippen LogP contribution in [-0.4, -0.2) is 74.5 Å². The van der Waals surface area contributed by atoms with E-state index in [0.29, 0.717) is 0 Å². The maximum Gasteiger partial charge on any atom is 0.502 e. The van der Waals surface area contributed by atoms with Gasteiger partial charge in [-0.3, -0.25) is 0 Å². The van der Waals surface area contributed by atoms with Crippen LogP contribution >= 0.6 is 0 Å². The fraction of sp³-hybridized carbons (Fsp3) is 0.273. The number of aromatic hydroxyl groups is 11. The van der Waals surface area contributed by atoms with Gasteiger partial charge in [-0.1, -0.05) is 0 Å². The summed E-state index contributed by atoms with van der Waals surface area (Å²) in [6, 6.07) is 0. The van der Waals surface area contributed by atoms with Crippen molar-refractivity contribution in [1.29, 1.82) is 0 Å². The van der Waals surface area contributed by atoms with E-state index in [0.717, 1.165) is 0 Å². The van der Waals surface area contributed by atoms with Gasteiger partial charge >= 0.3 is 7.12 Å². The number of hydrogen-bond acceptors (Lipinski definition) is 13. The average Bonchev–Trinajstić information content (AvgIpc) is 3.01. The second kappa shape index (κ2) is 7.35. The Morgan fingerprint density at radius 2 is 0.750 bits per heavy atom. The molecule has 1 heterocycles. The molecule has 0 aromatic heterocycles. The molecule has 0 bridgehead atoms. The maximum atomic E-state index is 10.8. The predicted octanol–water partition coefficient (Wildman–Crippen LogP) is 1.57. The minimum Gasteiger partial charge on any atom is -0.504 e. The molecule has 3 aromatic rings. The van der Waals surface area contributed by atoms with E-state index < -0.39 is 109 Å². The number of hydrogen-bond donors (Lipinski definition) is 11. The fourth-order valence-corrected chi connectivity index (χ4v) is 4.02. The van der Waals surface area contributed by atoms with Gasteiger partial charge in [-0.2, -0.15) is 0 Å². The lowest BCUT2D eigenvalue weighted by molar-refractivity contribution is 0.00578. The van der Waals surface area contributed by atoms with Crippen molar-refractivity contribution in [2.45, 2.75) is 38.9 Å². The molecule has 4 rings (SSSR count). The number of benzene rings is 3. The lowest BCUT2D eigenvalue weighted by atomic mass is 9.75. The van der Waals surface area contributed by atoms with Crippen LogP contribution in [0.4, 0.5) is 0 Å². The summed E-state index contributed by atoms with van der Waals surface area (Å²) in [6.45, 7) is 6.65. The van der Waals surface area contributed by atoms with Gasteiger partial charge in [0, 0.05) is 10.9 Å². The molecule has 0 atom stereocenters. The van der Waals surface area contributed by atoms with E-state index >= 15 is 0 Å². The van der Waals surface area contributed by atoms with Gasteiger partial charge in [-0.05, 0) is 27.7 Å². The Bertz CT molecular complexity index is 1410. The Labute approximate surface area is 202 Å². The van der Waals surface area contributed by atoms with E-state index in [1.807, 2.05) is 0 Å². The molecule has 1 fully saturated rings. The molecular formula is C22H23BO13. The van der Waals surface area contributed by atoms with E-state index in [-0.39, 0.29) is 0 Å². The summed E-state index contributed by atoms with van der Waals surface area (Å²) in [5.41, 5.74) is -4.46. The molecule has 0 radical (unpaired) electrons. The fourth-order valence-electron chi connectivity index (χ4n) is 4.02. The SMILES string of the molecule is CC1(C)OB(c2c(O)c(O)c(-c3c(O)c(O)c(O)c4c(O)c(O)c(O)c(O)c34)c(O)c2O)OC1(C)C. The summed E-state index contributed by atoms with van der Waals surface area (Å²) in [5, 5.41) is 113. The minimum absolute atomic E-state index is 0.591. The molecule has 0 saturated carbocycles. The van der Waals surface area contributed by atoms with Crippen LogP contribution in [0.1, 0.15) is 27.7 Å². The van der Waals surface area contributed by atoms with Gasteiger partial charge in [0.15, 0.2) is 46.0 Å². The maximum absolute atomic E-state index is 10.8. The van der Waals surface area contributed by atoms with Gasteiger partial charge in [-0.15, -0.1) is 0 Å². The third kappa shape index (κ3) is 2.97. The molecule has 14 heteroatoms. The normalized spacial score (nSPS) is 16.6. The molecule has 11 N–H and O–H groups in total. The van der Waals surface area contributed by atoms with Crippen LogP contribution in [0.25, 0.3) is 21.9 Å².